The molecule has 162 valence electrons. The van der Waals surface area contributed by atoms with Crippen LogP contribution in [0.25, 0.3) is 0 Å². The minimum absolute atomic E-state index is 0.0394. The summed E-state index contributed by atoms with van der Waals surface area (Å²) in [5.74, 6) is 1.11. The SMILES string of the molecule is C=CCN(CC(=O)N(CCc1ccc(OC)c(OC)c1)Cc1sccc1C)C(C)=O. The molecule has 0 atom stereocenters. The lowest BCUT2D eigenvalue weighted by Crippen LogP contribution is -2.42. The predicted octanol–water partition coefficient (Wildman–Crippen LogP) is 3.68. The lowest BCUT2D eigenvalue weighted by atomic mass is 10.1. The van der Waals surface area contributed by atoms with Crippen LogP contribution in [-0.2, 0) is 22.6 Å². The summed E-state index contributed by atoms with van der Waals surface area (Å²) in [5.41, 5.74) is 2.21. The average molecular weight is 431 g/mol. The number of amides is 2. The van der Waals surface area contributed by atoms with E-state index in [0.717, 1.165) is 10.4 Å². The number of methoxy groups -OCH3 is 2. The molecule has 0 aliphatic carbocycles. The molecule has 2 amide bonds. The Bertz CT molecular complexity index is 878. The van der Waals surface area contributed by atoms with Gasteiger partial charge in [0.2, 0.25) is 11.8 Å². The second-order valence-corrected chi connectivity index (χ2v) is 7.97. The highest BCUT2D eigenvalue weighted by Crippen LogP contribution is 2.28. The van der Waals surface area contributed by atoms with Gasteiger partial charge in [-0.15, -0.1) is 17.9 Å². The summed E-state index contributed by atoms with van der Waals surface area (Å²) in [6.45, 7) is 8.63. The molecule has 1 heterocycles. The van der Waals surface area contributed by atoms with Crippen LogP contribution in [0.3, 0.4) is 0 Å². The zero-order valence-corrected chi connectivity index (χ0v) is 19.0. The van der Waals surface area contributed by atoms with Crippen molar-refractivity contribution >= 4 is 23.2 Å². The monoisotopic (exact) mass is 430 g/mol. The van der Waals surface area contributed by atoms with Gasteiger partial charge in [-0.05, 0) is 48.1 Å². The van der Waals surface area contributed by atoms with E-state index in [2.05, 4.69) is 12.6 Å². The molecule has 7 heteroatoms. The first kappa shape index (κ1) is 23.5. The highest BCUT2D eigenvalue weighted by Gasteiger charge is 2.20. The van der Waals surface area contributed by atoms with Crippen LogP contribution in [0.4, 0.5) is 0 Å². The highest BCUT2D eigenvalue weighted by atomic mass is 32.1. The van der Waals surface area contributed by atoms with Crippen molar-refractivity contribution in [1.29, 1.82) is 0 Å². The number of rotatable bonds is 11. The number of benzene rings is 1. The van der Waals surface area contributed by atoms with Gasteiger partial charge in [0, 0.05) is 24.9 Å². The summed E-state index contributed by atoms with van der Waals surface area (Å²) >= 11 is 1.64. The molecular weight excluding hydrogens is 400 g/mol. The second kappa shape index (κ2) is 11.4. The van der Waals surface area contributed by atoms with Crippen LogP contribution in [0.1, 0.15) is 22.9 Å². The molecule has 1 aromatic heterocycles. The quantitative estimate of drug-likeness (QED) is 0.510. The van der Waals surface area contributed by atoms with Crippen molar-refractivity contribution in [3.05, 3.63) is 58.3 Å². The summed E-state index contributed by atoms with van der Waals surface area (Å²) in [6.07, 6.45) is 2.30. The summed E-state index contributed by atoms with van der Waals surface area (Å²) < 4.78 is 10.7. The molecule has 2 rings (SSSR count). The lowest BCUT2D eigenvalue weighted by Gasteiger charge is -2.26. The largest absolute Gasteiger partial charge is 0.493 e. The number of aryl methyl sites for hydroxylation is 1. The molecule has 0 fully saturated rings. The minimum atomic E-state index is -0.143. The number of ether oxygens (including phenoxy) is 2. The third-order valence-electron chi connectivity index (χ3n) is 4.89. The van der Waals surface area contributed by atoms with Crippen molar-refractivity contribution in [3.8, 4) is 11.5 Å². The van der Waals surface area contributed by atoms with Crippen molar-refractivity contribution in [2.75, 3.05) is 33.9 Å². The molecule has 0 saturated heterocycles. The number of nitrogens with zero attached hydrogens (tertiary/aromatic N) is 2. The fourth-order valence-corrected chi connectivity index (χ4v) is 3.98. The van der Waals surface area contributed by atoms with E-state index in [1.807, 2.05) is 35.4 Å². The molecule has 0 unspecified atom stereocenters. The van der Waals surface area contributed by atoms with E-state index >= 15 is 0 Å². The molecule has 2 aromatic rings. The molecule has 0 aliphatic heterocycles. The Kier molecular flexibility index (Phi) is 8.92. The molecule has 0 bridgehead atoms. The van der Waals surface area contributed by atoms with E-state index in [1.165, 1.54) is 17.4 Å². The topological polar surface area (TPSA) is 59.1 Å². The lowest BCUT2D eigenvalue weighted by molar-refractivity contribution is -0.139. The van der Waals surface area contributed by atoms with Gasteiger partial charge in [-0.25, -0.2) is 0 Å². The third-order valence-corrected chi connectivity index (χ3v) is 5.90. The first-order chi connectivity index (χ1) is 14.4. The molecule has 0 spiro atoms. The van der Waals surface area contributed by atoms with Crippen LogP contribution < -0.4 is 9.47 Å². The Labute approximate surface area is 182 Å². The first-order valence-corrected chi connectivity index (χ1v) is 10.7. The van der Waals surface area contributed by atoms with Crippen LogP contribution in [0, 0.1) is 6.92 Å². The Hall–Kier alpha value is -2.80. The summed E-state index contributed by atoms with van der Waals surface area (Å²) in [6, 6.07) is 7.82. The molecule has 6 nitrogen and oxygen atoms in total. The Balaban J connectivity index is 2.17. The van der Waals surface area contributed by atoms with Gasteiger partial charge in [0.05, 0.1) is 20.8 Å². The molecule has 1 aromatic carbocycles. The van der Waals surface area contributed by atoms with Crippen molar-refractivity contribution < 1.29 is 19.1 Å². The van der Waals surface area contributed by atoms with Gasteiger partial charge in [-0.3, -0.25) is 9.59 Å². The average Bonchev–Trinajstić information content (AvgIpc) is 3.14. The number of hydrogen-bond donors (Lipinski definition) is 0. The maximum atomic E-state index is 13.1. The van der Waals surface area contributed by atoms with Gasteiger partial charge in [0.1, 0.15) is 6.54 Å². The molecule has 0 aliphatic rings. The fraction of sp³-hybridized carbons (Fsp3) is 0.391. The van der Waals surface area contributed by atoms with E-state index < -0.39 is 0 Å². The third kappa shape index (κ3) is 6.35. The Morgan fingerprint density at radius 3 is 2.43 bits per heavy atom. The zero-order chi connectivity index (χ0) is 22.1. The van der Waals surface area contributed by atoms with E-state index in [4.69, 9.17) is 9.47 Å². The van der Waals surface area contributed by atoms with Crippen molar-refractivity contribution in [3.63, 3.8) is 0 Å². The van der Waals surface area contributed by atoms with Crippen LogP contribution in [0.15, 0.2) is 42.3 Å². The Morgan fingerprint density at radius 1 is 1.13 bits per heavy atom. The normalized spacial score (nSPS) is 10.4. The van der Waals surface area contributed by atoms with E-state index in [9.17, 15) is 9.59 Å². The zero-order valence-electron chi connectivity index (χ0n) is 18.1. The molecule has 0 radical (unpaired) electrons. The van der Waals surface area contributed by atoms with E-state index in [-0.39, 0.29) is 18.4 Å². The summed E-state index contributed by atoms with van der Waals surface area (Å²) in [5, 5.41) is 2.03. The minimum Gasteiger partial charge on any atom is -0.493 e. The van der Waals surface area contributed by atoms with E-state index in [0.29, 0.717) is 37.6 Å². The molecule has 0 saturated carbocycles. The summed E-state index contributed by atoms with van der Waals surface area (Å²) in [7, 11) is 3.21. The highest BCUT2D eigenvalue weighted by molar-refractivity contribution is 7.10. The second-order valence-electron chi connectivity index (χ2n) is 6.97. The van der Waals surface area contributed by atoms with Crippen LogP contribution in [0.2, 0.25) is 0 Å². The first-order valence-electron chi connectivity index (χ1n) is 9.77. The number of carbonyl (C=O) groups excluding carboxylic acids is 2. The number of thiophene rings is 1. The van der Waals surface area contributed by atoms with Crippen molar-refractivity contribution in [1.82, 2.24) is 9.80 Å². The number of hydrogen-bond acceptors (Lipinski definition) is 5. The molecule has 0 N–H and O–H groups in total. The predicted molar refractivity (Wildman–Crippen MR) is 120 cm³/mol. The smallest absolute Gasteiger partial charge is 0.242 e. The molecule has 30 heavy (non-hydrogen) atoms. The van der Waals surface area contributed by atoms with Crippen LogP contribution in [-0.4, -0.2) is 55.5 Å². The van der Waals surface area contributed by atoms with Crippen LogP contribution in [0.5, 0.6) is 11.5 Å². The molecular formula is C23H30N2O4S. The van der Waals surface area contributed by atoms with Gasteiger partial charge >= 0.3 is 0 Å². The van der Waals surface area contributed by atoms with Gasteiger partial charge in [0.15, 0.2) is 11.5 Å². The van der Waals surface area contributed by atoms with Crippen molar-refractivity contribution in [2.45, 2.75) is 26.8 Å². The maximum absolute atomic E-state index is 13.1. The maximum Gasteiger partial charge on any atom is 0.242 e. The van der Waals surface area contributed by atoms with Gasteiger partial charge in [-0.1, -0.05) is 12.1 Å². The van der Waals surface area contributed by atoms with Crippen molar-refractivity contribution in [2.24, 2.45) is 0 Å². The van der Waals surface area contributed by atoms with E-state index in [1.54, 1.807) is 31.6 Å². The standard InChI is InChI=1S/C23H30N2O4S/c1-6-11-24(18(3)26)16-23(27)25(15-22-17(2)10-13-30-22)12-9-19-7-8-20(28-4)21(14-19)29-5/h6-8,10,13-14H,1,9,11-12,15-16H2,2-5H3. The fourth-order valence-electron chi connectivity index (χ4n) is 3.06. The van der Waals surface area contributed by atoms with Gasteiger partial charge in [-0.2, -0.15) is 0 Å². The van der Waals surface area contributed by atoms with Crippen LogP contribution >= 0.6 is 11.3 Å². The summed E-state index contributed by atoms with van der Waals surface area (Å²) in [4.78, 5) is 29.4. The van der Waals surface area contributed by atoms with Gasteiger partial charge in [0.25, 0.3) is 0 Å². The van der Waals surface area contributed by atoms with Gasteiger partial charge < -0.3 is 19.3 Å². The Morgan fingerprint density at radius 2 is 1.87 bits per heavy atom. The number of carbonyl (C=O) groups is 2.